The van der Waals surface area contributed by atoms with E-state index in [0.29, 0.717) is 5.75 Å². The summed E-state index contributed by atoms with van der Waals surface area (Å²) in [6.07, 6.45) is 14.7. The molecular weight excluding hydrogens is 435 g/mol. The summed E-state index contributed by atoms with van der Waals surface area (Å²) in [5, 5.41) is 12.7. The van der Waals surface area contributed by atoms with E-state index in [0.717, 1.165) is 24.8 Å². The topological polar surface area (TPSA) is 86.7 Å². The number of aryl methyl sites for hydroxylation is 1. The van der Waals surface area contributed by atoms with Gasteiger partial charge in [0.05, 0.1) is 4.90 Å². The molecule has 5 nitrogen and oxygen atoms in total. The van der Waals surface area contributed by atoms with Gasteiger partial charge in [-0.15, -0.1) is 0 Å². The zero-order chi connectivity index (χ0) is 22.5. The first-order valence-corrected chi connectivity index (χ1v) is 12.9. The average molecular weight is 471 g/mol. The number of rotatable bonds is 15. The van der Waals surface area contributed by atoms with Crippen molar-refractivity contribution in [3.63, 3.8) is 0 Å². The summed E-state index contributed by atoms with van der Waals surface area (Å²) in [6.45, 7) is 2.24. The average Bonchev–Trinajstić information content (AvgIpc) is 2.74. The van der Waals surface area contributed by atoms with Crippen molar-refractivity contribution in [1.29, 1.82) is 0 Å². The second kappa shape index (κ2) is 15.7. The molecule has 0 saturated carbocycles. The molecule has 0 aliphatic rings. The van der Waals surface area contributed by atoms with E-state index in [1.54, 1.807) is 12.1 Å². The molecule has 0 amide bonds. The Morgan fingerprint density at radius 1 is 0.812 bits per heavy atom. The smallest absolute Gasteiger partial charge is 0.870 e. The Morgan fingerprint density at radius 2 is 1.34 bits per heavy atom. The first kappa shape index (κ1) is 29.0. The molecule has 0 saturated heterocycles. The quantitative estimate of drug-likeness (QED) is 0.244. The van der Waals surface area contributed by atoms with Crippen LogP contribution >= 0.6 is 0 Å². The summed E-state index contributed by atoms with van der Waals surface area (Å²) in [4.78, 5) is -0.215. The zero-order valence-electron chi connectivity index (χ0n) is 19.5. The van der Waals surface area contributed by atoms with E-state index in [4.69, 9.17) is 9.29 Å². The van der Waals surface area contributed by atoms with E-state index in [2.05, 4.69) is 6.92 Å². The van der Waals surface area contributed by atoms with Crippen molar-refractivity contribution in [2.75, 3.05) is 0 Å². The second-order valence-electron chi connectivity index (χ2n) is 8.08. The van der Waals surface area contributed by atoms with Crippen molar-refractivity contribution in [2.45, 2.75) is 88.9 Å². The predicted octanol–water partition coefficient (Wildman–Crippen LogP) is 3.66. The molecule has 2 rings (SSSR count). The van der Waals surface area contributed by atoms with Crippen LogP contribution in [0, 0.1) is 0 Å². The third-order valence-electron chi connectivity index (χ3n) is 5.46. The minimum Gasteiger partial charge on any atom is -0.870 e. The van der Waals surface area contributed by atoms with Crippen molar-refractivity contribution in [1.82, 2.24) is 0 Å². The van der Waals surface area contributed by atoms with Gasteiger partial charge in [-0.25, -0.2) is 0 Å². The molecule has 0 heterocycles. The van der Waals surface area contributed by atoms with E-state index in [1.165, 1.54) is 82.1 Å². The van der Waals surface area contributed by atoms with Gasteiger partial charge in [0.2, 0.25) is 0 Å². The number of ether oxygens (including phenoxy) is 1. The van der Waals surface area contributed by atoms with Crippen molar-refractivity contribution in [2.24, 2.45) is 0 Å². The fourth-order valence-corrected chi connectivity index (χ4v) is 4.10. The molecule has 0 fully saturated rings. The number of hydrogen-bond acceptors (Lipinski definition) is 4. The Labute approximate surface area is 215 Å². The Balaban J connectivity index is 0.00000512. The summed E-state index contributed by atoms with van der Waals surface area (Å²) in [6, 6.07) is 10.6. The van der Waals surface area contributed by atoms with Gasteiger partial charge in [0, 0.05) is 0 Å². The van der Waals surface area contributed by atoms with Crippen molar-refractivity contribution in [3.8, 4) is 17.2 Å². The van der Waals surface area contributed by atoms with Gasteiger partial charge in [-0.2, -0.15) is 8.42 Å². The largest absolute Gasteiger partial charge is 1.00 e. The van der Waals surface area contributed by atoms with Crippen LogP contribution < -0.4 is 39.4 Å². The van der Waals surface area contributed by atoms with E-state index < -0.39 is 10.1 Å². The molecule has 0 atom stereocenters. The first-order chi connectivity index (χ1) is 14.9. The second-order valence-corrected chi connectivity index (χ2v) is 9.50. The molecule has 172 valence electrons. The fraction of sp³-hybridized carbons (Fsp3) is 0.520. The van der Waals surface area contributed by atoms with Gasteiger partial charge in [0.1, 0.15) is 11.5 Å². The Morgan fingerprint density at radius 3 is 1.88 bits per heavy atom. The van der Waals surface area contributed by atoms with E-state index in [-0.39, 0.29) is 46.0 Å². The monoisotopic (exact) mass is 470 g/mol. The number of para-hydroxylation sites is 1. The van der Waals surface area contributed by atoms with Crippen LogP contribution in [0.1, 0.15) is 83.1 Å². The molecule has 0 aliphatic carbocycles. The van der Waals surface area contributed by atoms with E-state index >= 15 is 0 Å². The molecule has 0 aromatic heterocycles. The van der Waals surface area contributed by atoms with Crippen molar-refractivity contribution >= 4 is 10.1 Å². The van der Waals surface area contributed by atoms with Gasteiger partial charge < -0.3 is 9.84 Å². The van der Waals surface area contributed by atoms with Gasteiger partial charge in [-0.3, -0.25) is 4.55 Å². The van der Waals surface area contributed by atoms with Crippen LogP contribution in [0.15, 0.2) is 47.4 Å². The van der Waals surface area contributed by atoms with Crippen LogP contribution in [0.3, 0.4) is 0 Å². The van der Waals surface area contributed by atoms with E-state index in [1.807, 2.05) is 6.07 Å². The third kappa shape index (κ3) is 10.7. The molecule has 2 aromatic rings. The molecule has 0 unspecified atom stereocenters. The molecule has 7 heteroatoms. The van der Waals surface area contributed by atoms with Crippen LogP contribution in [0.2, 0.25) is 0 Å². The Bertz CT molecular complexity index is 882. The van der Waals surface area contributed by atoms with Crippen LogP contribution in [0.4, 0.5) is 0 Å². The molecule has 0 bridgehead atoms. The van der Waals surface area contributed by atoms with Crippen LogP contribution in [0.25, 0.3) is 0 Å². The summed E-state index contributed by atoms with van der Waals surface area (Å²) in [5.74, 6) is 0.435. The SMILES string of the molecule is CCCCCCCCCCCCCc1cccc(Oc2ccc(S(=O)(=O)O)cc2)c1[O-].[Na+]. The first-order valence-electron chi connectivity index (χ1n) is 11.5. The fourth-order valence-electron chi connectivity index (χ4n) is 3.62. The van der Waals surface area contributed by atoms with Crippen molar-refractivity contribution < 1.29 is 52.4 Å². The van der Waals surface area contributed by atoms with Gasteiger partial charge in [-0.05, 0) is 43.2 Å². The molecule has 2 aromatic carbocycles. The predicted molar refractivity (Wildman–Crippen MR) is 122 cm³/mol. The summed E-state index contributed by atoms with van der Waals surface area (Å²) in [5.41, 5.74) is 0.739. The molecule has 0 spiro atoms. The van der Waals surface area contributed by atoms with Gasteiger partial charge in [-0.1, -0.05) is 94.6 Å². The van der Waals surface area contributed by atoms with Gasteiger partial charge in [0.15, 0.2) is 0 Å². The van der Waals surface area contributed by atoms with E-state index in [9.17, 15) is 13.5 Å². The van der Waals surface area contributed by atoms with Crippen LogP contribution in [-0.2, 0) is 16.5 Å². The molecular formula is C25H35NaO5S. The molecule has 1 N–H and O–H groups in total. The summed E-state index contributed by atoms with van der Waals surface area (Å²) in [7, 11) is -4.25. The summed E-state index contributed by atoms with van der Waals surface area (Å²) < 4.78 is 36.9. The zero-order valence-corrected chi connectivity index (χ0v) is 22.3. The number of hydrogen-bond donors (Lipinski definition) is 1. The molecule has 0 aliphatic heterocycles. The van der Waals surface area contributed by atoms with Gasteiger partial charge in [0.25, 0.3) is 10.1 Å². The molecule has 32 heavy (non-hydrogen) atoms. The third-order valence-corrected chi connectivity index (χ3v) is 6.33. The minimum atomic E-state index is -4.25. The minimum absolute atomic E-state index is 0. The van der Waals surface area contributed by atoms with Crippen LogP contribution in [0.5, 0.6) is 17.2 Å². The summed E-state index contributed by atoms with van der Waals surface area (Å²) >= 11 is 0. The standard InChI is InChI=1S/C25H36O5S.Na/c1-2-3-4-5-6-7-8-9-10-11-12-14-21-15-13-16-24(25(21)26)30-22-17-19-23(20-18-22)31(27,28)29;/h13,15-20,26H,2-12,14H2,1H3,(H,27,28,29);/q;+1/p-1. The normalized spacial score (nSPS) is 11.2. The molecule has 0 radical (unpaired) electrons. The Kier molecular flexibility index (Phi) is 14.2. The number of benzene rings is 2. The maximum atomic E-state index is 12.7. The number of unbranched alkanes of at least 4 members (excludes halogenated alkanes) is 10. The van der Waals surface area contributed by atoms with Gasteiger partial charge >= 0.3 is 29.6 Å². The van der Waals surface area contributed by atoms with Crippen molar-refractivity contribution in [3.05, 3.63) is 48.0 Å². The maximum absolute atomic E-state index is 12.7. The van der Waals surface area contributed by atoms with Crippen LogP contribution in [-0.4, -0.2) is 13.0 Å². The Hall–Kier alpha value is -1.05. The maximum Gasteiger partial charge on any atom is 1.00 e.